The molecule has 0 bridgehead atoms. The predicted molar refractivity (Wildman–Crippen MR) is 114 cm³/mol. The Morgan fingerprint density at radius 1 is 0.964 bits per heavy atom. The lowest BCUT2D eigenvalue weighted by Crippen LogP contribution is -2.07. The highest BCUT2D eigenvalue weighted by Gasteiger charge is 2.13. The first-order valence-corrected chi connectivity index (χ1v) is 9.16. The fraction of sp³-hybridized carbons (Fsp3) is 0.100. The molecule has 144 valence electrons. The largest absolute Gasteiger partial charge is 0.475 e. The number of nitrogens with zero attached hydrogens (tertiary/aromatic N) is 4. The first-order chi connectivity index (χ1) is 13.2. The Bertz CT molecular complexity index is 1030. The van der Waals surface area contributed by atoms with Crippen LogP contribution >= 0.6 is 35.6 Å². The van der Waals surface area contributed by atoms with Crippen molar-refractivity contribution in [3.05, 3.63) is 83.4 Å². The Labute approximate surface area is 178 Å². The second kappa shape index (κ2) is 9.15. The minimum atomic E-state index is 0. The van der Waals surface area contributed by atoms with Gasteiger partial charge in [0.25, 0.3) is 0 Å². The zero-order valence-electron chi connectivity index (χ0n) is 14.7. The summed E-state index contributed by atoms with van der Waals surface area (Å²) in [5.74, 6) is 0.542. The van der Waals surface area contributed by atoms with Crippen molar-refractivity contribution in [1.82, 2.24) is 19.3 Å². The number of rotatable bonds is 6. The van der Waals surface area contributed by atoms with Crippen LogP contribution in [0.5, 0.6) is 5.88 Å². The van der Waals surface area contributed by atoms with Crippen LogP contribution < -0.4 is 4.74 Å². The highest BCUT2D eigenvalue weighted by molar-refractivity contribution is 6.42. The maximum Gasteiger partial charge on any atom is 0.233 e. The van der Waals surface area contributed by atoms with Gasteiger partial charge in [-0.25, -0.2) is 9.67 Å². The molecule has 0 radical (unpaired) electrons. The van der Waals surface area contributed by atoms with Crippen molar-refractivity contribution in [2.45, 2.75) is 6.54 Å². The first-order valence-electron chi connectivity index (χ1n) is 8.40. The van der Waals surface area contributed by atoms with Crippen LogP contribution in [0.4, 0.5) is 0 Å². The van der Waals surface area contributed by atoms with E-state index >= 15 is 0 Å². The molecule has 0 aliphatic heterocycles. The summed E-state index contributed by atoms with van der Waals surface area (Å²) in [4.78, 5) is 4.03. The molecule has 2 aromatic heterocycles. The molecule has 0 amide bonds. The zero-order valence-corrected chi connectivity index (χ0v) is 17.0. The van der Waals surface area contributed by atoms with E-state index in [1.54, 1.807) is 24.7 Å². The highest BCUT2D eigenvalue weighted by atomic mass is 35.5. The van der Waals surface area contributed by atoms with Crippen molar-refractivity contribution in [2.24, 2.45) is 0 Å². The predicted octanol–water partition coefficient (Wildman–Crippen LogP) is 5.54. The molecular formula is C20H17Cl3N4O. The second-order valence-corrected chi connectivity index (χ2v) is 6.71. The number of imidazole rings is 1. The van der Waals surface area contributed by atoms with Gasteiger partial charge in [-0.1, -0.05) is 53.5 Å². The number of ether oxygens (including phenoxy) is 1. The fourth-order valence-electron chi connectivity index (χ4n) is 2.73. The second-order valence-electron chi connectivity index (χ2n) is 5.89. The van der Waals surface area contributed by atoms with E-state index in [-0.39, 0.29) is 12.4 Å². The first kappa shape index (κ1) is 20.3. The third kappa shape index (κ3) is 4.50. The van der Waals surface area contributed by atoms with Crippen molar-refractivity contribution in [1.29, 1.82) is 0 Å². The van der Waals surface area contributed by atoms with Gasteiger partial charge in [-0.05, 0) is 18.2 Å². The molecule has 0 N–H and O–H groups in total. The number of aromatic nitrogens is 4. The smallest absolute Gasteiger partial charge is 0.233 e. The normalized spacial score (nSPS) is 10.5. The zero-order chi connectivity index (χ0) is 18.6. The molecule has 0 aliphatic carbocycles. The van der Waals surface area contributed by atoms with Crippen LogP contribution in [-0.2, 0) is 6.54 Å². The molecule has 0 spiro atoms. The Morgan fingerprint density at radius 3 is 2.50 bits per heavy atom. The molecule has 0 saturated carbocycles. The summed E-state index contributed by atoms with van der Waals surface area (Å²) < 4.78 is 9.62. The SMILES string of the molecule is Cl.Clc1ccc(-n2nc(OCCn3ccnc3)cc2-c2ccccc2)cc1Cl. The number of hydrogen-bond donors (Lipinski definition) is 0. The van der Waals surface area contributed by atoms with Gasteiger partial charge in [0, 0.05) is 24.0 Å². The fourth-order valence-corrected chi connectivity index (χ4v) is 3.03. The van der Waals surface area contributed by atoms with Gasteiger partial charge in [0.1, 0.15) is 6.61 Å². The van der Waals surface area contributed by atoms with Gasteiger partial charge in [-0.3, -0.25) is 0 Å². The summed E-state index contributed by atoms with van der Waals surface area (Å²) >= 11 is 12.3. The average molecular weight is 436 g/mol. The van der Waals surface area contributed by atoms with Crippen LogP contribution in [0.15, 0.2) is 73.3 Å². The van der Waals surface area contributed by atoms with Gasteiger partial charge in [0.05, 0.1) is 34.3 Å². The lowest BCUT2D eigenvalue weighted by Gasteiger charge is -2.08. The van der Waals surface area contributed by atoms with Crippen molar-refractivity contribution in [3.63, 3.8) is 0 Å². The minimum absolute atomic E-state index is 0. The van der Waals surface area contributed by atoms with Crippen LogP contribution in [0.3, 0.4) is 0 Å². The van der Waals surface area contributed by atoms with E-state index in [0.717, 1.165) is 16.9 Å². The van der Waals surface area contributed by atoms with E-state index in [0.29, 0.717) is 29.1 Å². The summed E-state index contributed by atoms with van der Waals surface area (Å²) in [6.45, 7) is 1.18. The van der Waals surface area contributed by atoms with Crippen molar-refractivity contribution in [2.75, 3.05) is 6.61 Å². The number of hydrogen-bond acceptors (Lipinski definition) is 3. The summed E-state index contributed by atoms with van der Waals surface area (Å²) in [5, 5.41) is 5.60. The minimum Gasteiger partial charge on any atom is -0.475 e. The molecule has 4 rings (SSSR count). The summed E-state index contributed by atoms with van der Waals surface area (Å²) in [6, 6.07) is 17.4. The Morgan fingerprint density at radius 2 is 1.79 bits per heavy atom. The van der Waals surface area contributed by atoms with Gasteiger partial charge < -0.3 is 9.30 Å². The van der Waals surface area contributed by atoms with Crippen molar-refractivity contribution < 1.29 is 4.74 Å². The van der Waals surface area contributed by atoms with E-state index in [1.807, 2.05) is 57.9 Å². The van der Waals surface area contributed by atoms with Crippen LogP contribution in [0, 0.1) is 0 Å². The number of halogens is 3. The van der Waals surface area contributed by atoms with Gasteiger partial charge >= 0.3 is 0 Å². The van der Waals surface area contributed by atoms with E-state index in [9.17, 15) is 0 Å². The molecule has 8 heteroatoms. The van der Waals surface area contributed by atoms with Crippen molar-refractivity contribution in [3.8, 4) is 22.8 Å². The monoisotopic (exact) mass is 434 g/mol. The summed E-state index contributed by atoms with van der Waals surface area (Å²) in [5.41, 5.74) is 2.75. The molecule has 0 unspecified atom stereocenters. The average Bonchev–Trinajstić information content (AvgIpc) is 3.35. The molecule has 0 saturated heterocycles. The maximum absolute atomic E-state index is 6.20. The third-order valence-electron chi connectivity index (χ3n) is 4.06. The van der Waals surface area contributed by atoms with Crippen LogP contribution in [0.25, 0.3) is 16.9 Å². The van der Waals surface area contributed by atoms with E-state index in [1.165, 1.54) is 0 Å². The van der Waals surface area contributed by atoms with Crippen LogP contribution in [0.1, 0.15) is 0 Å². The number of benzene rings is 2. The highest BCUT2D eigenvalue weighted by Crippen LogP contribution is 2.30. The Kier molecular flexibility index (Phi) is 6.62. The molecule has 2 aromatic carbocycles. The summed E-state index contributed by atoms with van der Waals surface area (Å²) in [7, 11) is 0. The van der Waals surface area contributed by atoms with Gasteiger partial charge in [-0.15, -0.1) is 17.5 Å². The molecule has 4 aromatic rings. The molecular weight excluding hydrogens is 419 g/mol. The Hall–Kier alpha value is -2.47. The van der Waals surface area contributed by atoms with Gasteiger partial charge in [-0.2, -0.15) is 0 Å². The molecule has 2 heterocycles. The van der Waals surface area contributed by atoms with Gasteiger partial charge in [0.2, 0.25) is 5.88 Å². The lowest BCUT2D eigenvalue weighted by molar-refractivity contribution is 0.285. The quantitative estimate of drug-likeness (QED) is 0.399. The molecule has 0 aliphatic rings. The van der Waals surface area contributed by atoms with E-state index in [2.05, 4.69) is 10.1 Å². The third-order valence-corrected chi connectivity index (χ3v) is 4.80. The topological polar surface area (TPSA) is 44.9 Å². The van der Waals surface area contributed by atoms with E-state index < -0.39 is 0 Å². The van der Waals surface area contributed by atoms with Gasteiger partial charge in [0.15, 0.2) is 0 Å². The molecule has 5 nitrogen and oxygen atoms in total. The Balaban J connectivity index is 0.00000225. The van der Waals surface area contributed by atoms with Crippen LogP contribution in [0.2, 0.25) is 10.0 Å². The maximum atomic E-state index is 6.20. The molecule has 0 fully saturated rings. The lowest BCUT2D eigenvalue weighted by atomic mass is 10.1. The van der Waals surface area contributed by atoms with Crippen molar-refractivity contribution >= 4 is 35.6 Å². The summed E-state index contributed by atoms with van der Waals surface area (Å²) in [6.07, 6.45) is 5.40. The molecule has 0 atom stereocenters. The standard InChI is InChI=1S/C20H16Cl2N4O.ClH/c21-17-7-6-16(12-18(17)22)26-19(15-4-2-1-3-5-15)13-20(24-26)27-11-10-25-9-8-23-14-25;/h1-9,12-14H,10-11H2;1H. The van der Waals surface area contributed by atoms with Crippen LogP contribution in [-0.4, -0.2) is 25.9 Å². The molecule has 28 heavy (non-hydrogen) atoms. The van der Waals surface area contributed by atoms with E-state index in [4.69, 9.17) is 27.9 Å².